The molecule has 3 heteroatoms. The second kappa shape index (κ2) is 7.20. The SMILES string of the molecule is CCCC(=O)C1(C)CCSCCCCC(=O)C1. The van der Waals surface area contributed by atoms with E-state index in [0.29, 0.717) is 19.3 Å². The molecule has 1 fully saturated rings. The van der Waals surface area contributed by atoms with Crippen molar-refractivity contribution in [2.24, 2.45) is 5.41 Å². The molecule has 0 amide bonds. The van der Waals surface area contributed by atoms with Gasteiger partial charge in [-0.2, -0.15) is 11.8 Å². The molecule has 98 valence electrons. The third kappa shape index (κ3) is 4.82. The molecule has 1 heterocycles. The Balaban J connectivity index is 2.68. The number of carbonyl (C=O) groups excluding carboxylic acids is 2. The number of Topliss-reactive ketones (excluding diaryl/α,β-unsaturated/α-hetero) is 2. The molecule has 1 aliphatic rings. The van der Waals surface area contributed by atoms with Gasteiger partial charge in [-0.1, -0.05) is 13.8 Å². The Kier molecular flexibility index (Phi) is 6.24. The van der Waals surface area contributed by atoms with Gasteiger partial charge in [0.25, 0.3) is 0 Å². The summed E-state index contributed by atoms with van der Waals surface area (Å²) in [6.07, 6.45) is 5.62. The monoisotopic (exact) mass is 256 g/mol. The molecular formula is C14H24O2S. The van der Waals surface area contributed by atoms with Gasteiger partial charge in [-0.3, -0.25) is 9.59 Å². The normalized spacial score (nSPS) is 27.8. The molecule has 1 rings (SSSR count). The molecule has 0 aromatic carbocycles. The molecule has 1 atom stereocenters. The Morgan fingerprint density at radius 3 is 2.82 bits per heavy atom. The van der Waals surface area contributed by atoms with Crippen molar-refractivity contribution < 1.29 is 9.59 Å². The van der Waals surface area contributed by atoms with Gasteiger partial charge in [0.1, 0.15) is 11.6 Å². The van der Waals surface area contributed by atoms with Crippen LogP contribution in [0.25, 0.3) is 0 Å². The predicted octanol–water partition coefficient (Wildman–Crippen LogP) is 3.63. The van der Waals surface area contributed by atoms with E-state index in [4.69, 9.17) is 0 Å². The smallest absolute Gasteiger partial charge is 0.139 e. The van der Waals surface area contributed by atoms with Crippen molar-refractivity contribution in [3.05, 3.63) is 0 Å². The van der Waals surface area contributed by atoms with Gasteiger partial charge in [-0.15, -0.1) is 0 Å². The van der Waals surface area contributed by atoms with Crippen molar-refractivity contribution in [2.75, 3.05) is 11.5 Å². The number of carbonyl (C=O) groups is 2. The van der Waals surface area contributed by atoms with Crippen molar-refractivity contribution >= 4 is 23.3 Å². The van der Waals surface area contributed by atoms with Crippen LogP contribution in [0.3, 0.4) is 0 Å². The quantitative estimate of drug-likeness (QED) is 0.773. The van der Waals surface area contributed by atoms with Gasteiger partial charge < -0.3 is 0 Å². The maximum atomic E-state index is 12.2. The predicted molar refractivity (Wildman–Crippen MR) is 73.4 cm³/mol. The lowest BCUT2D eigenvalue weighted by molar-refractivity contribution is -0.133. The lowest BCUT2D eigenvalue weighted by Gasteiger charge is -2.28. The molecule has 1 unspecified atom stereocenters. The van der Waals surface area contributed by atoms with Crippen LogP contribution in [0.4, 0.5) is 0 Å². The van der Waals surface area contributed by atoms with E-state index in [0.717, 1.165) is 37.2 Å². The molecule has 17 heavy (non-hydrogen) atoms. The van der Waals surface area contributed by atoms with Crippen LogP contribution in [-0.4, -0.2) is 23.1 Å². The molecular weight excluding hydrogens is 232 g/mol. The fraction of sp³-hybridized carbons (Fsp3) is 0.857. The van der Waals surface area contributed by atoms with E-state index < -0.39 is 5.41 Å². The summed E-state index contributed by atoms with van der Waals surface area (Å²) >= 11 is 1.93. The first-order valence-electron chi connectivity index (χ1n) is 6.71. The topological polar surface area (TPSA) is 34.1 Å². The van der Waals surface area contributed by atoms with Crippen molar-refractivity contribution in [1.29, 1.82) is 0 Å². The number of hydrogen-bond acceptors (Lipinski definition) is 3. The Morgan fingerprint density at radius 2 is 2.12 bits per heavy atom. The van der Waals surface area contributed by atoms with Crippen LogP contribution < -0.4 is 0 Å². The largest absolute Gasteiger partial charge is 0.300 e. The Bertz CT molecular complexity index is 275. The molecule has 1 aliphatic heterocycles. The molecule has 2 nitrogen and oxygen atoms in total. The zero-order valence-electron chi connectivity index (χ0n) is 11.1. The maximum Gasteiger partial charge on any atom is 0.139 e. The van der Waals surface area contributed by atoms with Crippen LogP contribution in [0.1, 0.15) is 58.8 Å². The summed E-state index contributed by atoms with van der Waals surface area (Å²) in [4.78, 5) is 24.0. The minimum Gasteiger partial charge on any atom is -0.300 e. The van der Waals surface area contributed by atoms with E-state index in [-0.39, 0.29) is 11.6 Å². The maximum absolute atomic E-state index is 12.2. The molecule has 0 radical (unpaired) electrons. The van der Waals surface area contributed by atoms with Gasteiger partial charge >= 0.3 is 0 Å². The van der Waals surface area contributed by atoms with Gasteiger partial charge in [0.2, 0.25) is 0 Å². The third-order valence-corrected chi connectivity index (χ3v) is 4.60. The van der Waals surface area contributed by atoms with E-state index >= 15 is 0 Å². The van der Waals surface area contributed by atoms with Crippen LogP contribution in [-0.2, 0) is 9.59 Å². The summed E-state index contributed by atoms with van der Waals surface area (Å²) in [7, 11) is 0. The van der Waals surface area contributed by atoms with Crippen LogP contribution in [0.15, 0.2) is 0 Å². The van der Waals surface area contributed by atoms with E-state index in [1.165, 1.54) is 0 Å². The van der Waals surface area contributed by atoms with E-state index in [1.807, 2.05) is 25.6 Å². The average molecular weight is 256 g/mol. The minimum atomic E-state index is -0.391. The molecule has 0 aliphatic carbocycles. The number of hydrogen-bond donors (Lipinski definition) is 0. The third-order valence-electron chi connectivity index (χ3n) is 3.53. The Labute approximate surface area is 109 Å². The van der Waals surface area contributed by atoms with Gasteiger partial charge in [0.15, 0.2) is 0 Å². The second-order valence-electron chi connectivity index (χ2n) is 5.27. The molecule has 0 spiro atoms. The molecule has 0 aromatic rings. The van der Waals surface area contributed by atoms with E-state index in [1.54, 1.807) is 0 Å². The summed E-state index contributed by atoms with van der Waals surface area (Å²) < 4.78 is 0. The van der Waals surface area contributed by atoms with Crippen LogP contribution >= 0.6 is 11.8 Å². The van der Waals surface area contributed by atoms with Crippen molar-refractivity contribution in [1.82, 2.24) is 0 Å². The van der Waals surface area contributed by atoms with Gasteiger partial charge in [-0.25, -0.2) is 0 Å². The average Bonchev–Trinajstić information content (AvgIpc) is 2.28. The van der Waals surface area contributed by atoms with E-state index in [2.05, 4.69) is 0 Å². The Hall–Kier alpha value is -0.310. The molecule has 0 aromatic heterocycles. The first-order chi connectivity index (χ1) is 8.08. The summed E-state index contributed by atoms with van der Waals surface area (Å²) in [5, 5.41) is 0. The highest BCUT2D eigenvalue weighted by atomic mass is 32.2. The number of thioether (sulfide) groups is 1. The van der Waals surface area contributed by atoms with Gasteiger partial charge in [-0.05, 0) is 37.2 Å². The molecule has 0 bridgehead atoms. The fourth-order valence-corrected chi connectivity index (χ4v) is 3.51. The van der Waals surface area contributed by atoms with Crippen LogP contribution in [0.5, 0.6) is 0 Å². The molecule has 1 saturated heterocycles. The van der Waals surface area contributed by atoms with Gasteiger partial charge in [0.05, 0.1) is 0 Å². The first kappa shape index (κ1) is 14.7. The zero-order valence-corrected chi connectivity index (χ0v) is 11.9. The highest BCUT2D eigenvalue weighted by Gasteiger charge is 2.34. The zero-order chi connectivity index (χ0) is 12.7. The van der Waals surface area contributed by atoms with Crippen LogP contribution in [0.2, 0.25) is 0 Å². The number of ketones is 2. The molecule has 0 saturated carbocycles. The molecule has 0 N–H and O–H groups in total. The second-order valence-corrected chi connectivity index (χ2v) is 6.49. The summed E-state index contributed by atoms with van der Waals surface area (Å²) in [5.74, 6) is 2.71. The summed E-state index contributed by atoms with van der Waals surface area (Å²) in [5.41, 5.74) is -0.391. The first-order valence-corrected chi connectivity index (χ1v) is 7.87. The lowest BCUT2D eigenvalue weighted by atomic mass is 9.76. The van der Waals surface area contributed by atoms with Gasteiger partial charge in [0, 0.05) is 24.7 Å². The number of rotatable bonds is 3. The highest BCUT2D eigenvalue weighted by Crippen LogP contribution is 2.33. The van der Waals surface area contributed by atoms with E-state index in [9.17, 15) is 9.59 Å². The van der Waals surface area contributed by atoms with Crippen LogP contribution in [0, 0.1) is 5.41 Å². The highest BCUT2D eigenvalue weighted by molar-refractivity contribution is 7.99. The minimum absolute atomic E-state index is 0.281. The fourth-order valence-electron chi connectivity index (χ4n) is 2.30. The van der Waals surface area contributed by atoms with Crippen molar-refractivity contribution in [3.63, 3.8) is 0 Å². The summed E-state index contributed by atoms with van der Waals surface area (Å²) in [6, 6.07) is 0. The Morgan fingerprint density at radius 1 is 1.35 bits per heavy atom. The lowest BCUT2D eigenvalue weighted by Crippen LogP contribution is -2.31. The van der Waals surface area contributed by atoms with Crippen molar-refractivity contribution in [3.8, 4) is 0 Å². The standard InChI is InChI=1S/C14H24O2S/c1-3-6-13(16)14(2)8-10-17-9-5-4-7-12(15)11-14/h3-11H2,1-2H3. The van der Waals surface area contributed by atoms with Crippen molar-refractivity contribution in [2.45, 2.75) is 58.8 Å². The summed E-state index contributed by atoms with van der Waals surface area (Å²) in [6.45, 7) is 4.02.